The molecule has 2 aromatic carbocycles. The van der Waals surface area contributed by atoms with E-state index in [1.165, 1.54) is 40.4 Å². The minimum atomic E-state index is -0.676. The summed E-state index contributed by atoms with van der Waals surface area (Å²) in [5.41, 5.74) is 1.40. The van der Waals surface area contributed by atoms with Crippen LogP contribution in [0, 0.1) is 0 Å². The Balaban J connectivity index is 1.92. The smallest absolute Gasteiger partial charge is 0.338 e. The lowest BCUT2D eigenvalue weighted by Gasteiger charge is -2.14. The summed E-state index contributed by atoms with van der Waals surface area (Å²) in [5.74, 6) is -0.0319. The molecule has 0 aliphatic rings. The first-order valence-electron chi connectivity index (χ1n) is 8.98. The number of benzene rings is 2. The first-order valence-corrected chi connectivity index (χ1v) is 8.98. The lowest BCUT2D eigenvalue weighted by atomic mass is 10.1. The third-order valence-electron chi connectivity index (χ3n) is 3.97. The molecular formula is C21H24N2O7. The maximum absolute atomic E-state index is 12.1. The third kappa shape index (κ3) is 6.13. The molecule has 0 aliphatic heterocycles. The summed E-state index contributed by atoms with van der Waals surface area (Å²) in [4.78, 5) is 35.3. The number of methoxy groups -OCH3 is 3. The van der Waals surface area contributed by atoms with E-state index in [9.17, 15) is 14.4 Å². The van der Waals surface area contributed by atoms with Crippen molar-refractivity contribution in [3.63, 3.8) is 0 Å². The molecule has 2 amide bonds. The van der Waals surface area contributed by atoms with Crippen LogP contribution in [0.1, 0.15) is 22.8 Å². The van der Waals surface area contributed by atoms with Gasteiger partial charge in [0.2, 0.25) is 11.7 Å². The van der Waals surface area contributed by atoms with Gasteiger partial charge in [-0.1, -0.05) is 6.07 Å². The van der Waals surface area contributed by atoms with Crippen molar-refractivity contribution in [2.45, 2.75) is 13.5 Å². The largest absolute Gasteiger partial charge is 0.493 e. The molecule has 0 saturated carbocycles. The molecule has 2 rings (SSSR count). The van der Waals surface area contributed by atoms with Crippen LogP contribution in [0.25, 0.3) is 0 Å². The Kier molecular flexibility index (Phi) is 8.04. The summed E-state index contributed by atoms with van der Waals surface area (Å²) in [6.07, 6.45) is 0. The van der Waals surface area contributed by atoms with E-state index >= 15 is 0 Å². The van der Waals surface area contributed by atoms with Crippen LogP contribution in [0.4, 0.5) is 5.69 Å². The predicted octanol–water partition coefficient (Wildman–Crippen LogP) is 2.14. The highest BCUT2D eigenvalue weighted by Gasteiger charge is 2.15. The van der Waals surface area contributed by atoms with Crippen molar-refractivity contribution in [3.8, 4) is 17.2 Å². The van der Waals surface area contributed by atoms with E-state index in [2.05, 4.69) is 10.6 Å². The number of rotatable bonds is 9. The van der Waals surface area contributed by atoms with E-state index in [1.54, 1.807) is 24.3 Å². The normalized spacial score (nSPS) is 10.0. The van der Waals surface area contributed by atoms with Gasteiger partial charge in [-0.2, -0.15) is 0 Å². The van der Waals surface area contributed by atoms with Crippen molar-refractivity contribution >= 4 is 23.5 Å². The van der Waals surface area contributed by atoms with Crippen LogP contribution >= 0.6 is 0 Å². The van der Waals surface area contributed by atoms with Crippen molar-refractivity contribution in [1.29, 1.82) is 0 Å². The molecule has 0 saturated heterocycles. The van der Waals surface area contributed by atoms with Crippen molar-refractivity contribution < 1.29 is 33.3 Å². The van der Waals surface area contributed by atoms with E-state index < -0.39 is 18.5 Å². The van der Waals surface area contributed by atoms with Crippen LogP contribution in [0.2, 0.25) is 0 Å². The number of hydrogen-bond acceptors (Lipinski definition) is 7. The topological polar surface area (TPSA) is 112 Å². The Bertz CT molecular complexity index is 902. The van der Waals surface area contributed by atoms with Crippen LogP contribution in [0.5, 0.6) is 17.2 Å². The molecule has 0 aromatic heterocycles. The van der Waals surface area contributed by atoms with Gasteiger partial charge in [0.1, 0.15) is 0 Å². The van der Waals surface area contributed by atoms with Crippen LogP contribution in [-0.4, -0.2) is 45.7 Å². The van der Waals surface area contributed by atoms with E-state index in [0.717, 1.165) is 0 Å². The van der Waals surface area contributed by atoms with Crippen LogP contribution in [0.15, 0.2) is 36.4 Å². The fraction of sp³-hybridized carbons (Fsp3) is 0.286. The minimum absolute atomic E-state index is 0.172. The summed E-state index contributed by atoms with van der Waals surface area (Å²) in [6.45, 7) is 1.09. The van der Waals surface area contributed by atoms with Gasteiger partial charge in [0.05, 0.1) is 26.9 Å². The molecule has 2 N–H and O–H groups in total. The number of esters is 1. The summed E-state index contributed by atoms with van der Waals surface area (Å²) in [6, 6.07) is 9.66. The Morgan fingerprint density at radius 3 is 2.17 bits per heavy atom. The van der Waals surface area contributed by atoms with E-state index in [1.807, 2.05) is 0 Å². The van der Waals surface area contributed by atoms with E-state index in [4.69, 9.17) is 18.9 Å². The van der Waals surface area contributed by atoms with Crippen LogP contribution < -0.4 is 24.8 Å². The van der Waals surface area contributed by atoms with Crippen LogP contribution in [0.3, 0.4) is 0 Å². The molecule has 0 bridgehead atoms. The van der Waals surface area contributed by atoms with Gasteiger partial charge in [-0.25, -0.2) is 4.79 Å². The second-order valence-corrected chi connectivity index (χ2v) is 6.15. The van der Waals surface area contributed by atoms with Gasteiger partial charge in [0.15, 0.2) is 18.1 Å². The molecule has 0 unspecified atom stereocenters. The highest BCUT2D eigenvalue weighted by Crippen LogP contribution is 2.38. The SMILES string of the molecule is COc1cc(CNC(=O)COC(=O)c2cccc(NC(C)=O)c2)cc(OC)c1OC. The average Bonchev–Trinajstić information content (AvgIpc) is 2.74. The standard InChI is InChI=1S/C21H24N2O7/c1-13(24)23-16-7-5-6-15(10-16)21(26)30-12-19(25)22-11-14-8-17(27-2)20(29-4)18(9-14)28-3/h5-10H,11-12H2,1-4H3,(H,22,25)(H,23,24). The summed E-state index contributed by atoms with van der Waals surface area (Å²) in [7, 11) is 4.50. The Morgan fingerprint density at radius 1 is 0.933 bits per heavy atom. The summed E-state index contributed by atoms with van der Waals surface area (Å²) in [5, 5.41) is 5.23. The van der Waals surface area contributed by atoms with Gasteiger partial charge >= 0.3 is 5.97 Å². The highest BCUT2D eigenvalue weighted by atomic mass is 16.5. The summed E-state index contributed by atoms with van der Waals surface area (Å²) >= 11 is 0. The molecule has 0 radical (unpaired) electrons. The maximum atomic E-state index is 12.1. The van der Waals surface area contributed by atoms with Crippen molar-refractivity contribution in [2.75, 3.05) is 33.3 Å². The second kappa shape index (κ2) is 10.7. The average molecular weight is 416 g/mol. The molecule has 9 nitrogen and oxygen atoms in total. The third-order valence-corrected chi connectivity index (χ3v) is 3.97. The van der Waals surface area contributed by atoms with Crippen molar-refractivity contribution in [1.82, 2.24) is 5.32 Å². The molecule has 9 heteroatoms. The van der Waals surface area contributed by atoms with Crippen LogP contribution in [-0.2, 0) is 20.9 Å². The maximum Gasteiger partial charge on any atom is 0.338 e. The van der Waals surface area contributed by atoms with Gasteiger partial charge in [0.25, 0.3) is 5.91 Å². The molecule has 0 fully saturated rings. The first-order chi connectivity index (χ1) is 14.4. The zero-order valence-corrected chi connectivity index (χ0v) is 17.2. The number of anilines is 1. The predicted molar refractivity (Wildman–Crippen MR) is 109 cm³/mol. The molecule has 160 valence electrons. The lowest BCUT2D eigenvalue weighted by molar-refractivity contribution is -0.124. The number of carbonyl (C=O) groups excluding carboxylic acids is 3. The fourth-order valence-electron chi connectivity index (χ4n) is 2.63. The molecule has 0 atom stereocenters. The number of amides is 2. The van der Waals surface area contributed by atoms with Gasteiger partial charge in [-0.3, -0.25) is 9.59 Å². The van der Waals surface area contributed by atoms with Gasteiger partial charge in [0, 0.05) is 19.2 Å². The van der Waals surface area contributed by atoms with Gasteiger partial charge in [-0.15, -0.1) is 0 Å². The monoisotopic (exact) mass is 416 g/mol. The first kappa shape index (κ1) is 22.5. The highest BCUT2D eigenvalue weighted by molar-refractivity contribution is 5.94. The van der Waals surface area contributed by atoms with Gasteiger partial charge < -0.3 is 29.6 Å². The molecule has 0 spiro atoms. The lowest BCUT2D eigenvalue weighted by Crippen LogP contribution is -2.28. The Hall–Kier alpha value is -3.75. The van der Waals surface area contributed by atoms with Gasteiger partial charge in [-0.05, 0) is 35.9 Å². The summed E-state index contributed by atoms with van der Waals surface area (Å²) < 4.78 is 20.8. The molecule has 0 heterocycles. The molecule has 2 aromatic rings. The van der Waals surface area contributed by atoms with E-state index in [0.29, 0.717) is 28.5 Å². The zero-order chi connectivity index (χ0) is 22.1. The second-order valence-electron chi connectivity index (χ2n) is 6.15. The Morgan fingerprint density at radius 2 is 1.60 bits per heavy atom. The Labute approximate surface area is 174 Å². The number of nitrogens with one attached hydrogen (secondary N) is 2. The molecular weight excluding hydrogens is 392 g/mol. The zero-order valence-electron chi connectivity index (χ0n) is 17.2. The van der Waals surface area contributed by atoms with E-state index in [-0.39, 0.29) is 18.0 Å². The fourth-order valence-corrected chi connectivity index (χ4v) is 2.63. The molecule has 0 aliphatic carbocycles. The quantitative estimate of drug-likeness (QED) is 0.602. The number of carbonyl (C=O) groups is 3. The van der Waals surface area contributed by atoms with Crippen molar-refractivity contribution in [2.24, 2.45) is 0 Å². The molecule has 30 heavy (non-hydrogen) atoms. The number of hydrogen-bond donors (Lipinski definition) is 2. The number of ether oxygens (including phenoxy) is 4. The van der Waals surface area contributed by atoms with Crippen molar-refractivity contribution in [3.05, 3.63) is 47.5 Å². The minimum Gasteiger partial charge on any atom is -0.493 e.